The Morgan fingerprint density at radius 3 is 2.25 bits per heavy atom. The number of allylic oxidation sites excluding steroid dienone is 1. The first-order valence-electron chi connectivity index (χ1n) is 6.47. The molecule has 0 saturated heterocycles. The van der Waals surface area contributed by atoms with Crippen molar-refractivity contribution >= 4 is 6.08 Å². The zero-order valence-electron chi connectivity index (χ0n) is 10.9. The lowest BCUT2D eigenvalue weighted by Gasteiger charge is -2.00. The minimum Gasteiger partial charge on any atom is -0.0839 e. The zero-order chi connectivity index (χ0) is 11.8. The van der Waals surface area contributed by atoms with Crippen molar-refractivity contribution in [1.82, 2.24) is 0 Å². The summed E-state index contributed by atoms with van der Waals surface area (Å²) in [6.07, 6.45) is 11.2. The van der Waals surface area contributed by atoms with Gasteiger partial charge in [-0.25, -0.2) is 0 Å². The molecule has 0 nitrogen and oxygen atoms in total. The number of benzene rings is 1. The van der Waals surface area contributed by atoms with E-state index in [0.717, 1.165) is 0 Å². The predicted molar refractivity (Wildman–Crippen MR) is 73.7 cm³/mol. The molecule has 0 bridgehead atoms. The lowest BCUT2D eigenvalue weighted by molar-refractivity contribution is 0.675. The molecule has 1 rings (SSSR count). The van der Waals surface area contributed by atoms with Gasteiger partial charge in [0.2, 0.25) is 0 Å². The second kappa shape index (κ2) is 7.27. The van der Waals surface area contributed by atoms with E-state index in [4.69, 9.17) is 0 Å². The minimum absolute atomic E-state index is 1.22. The molecule has 16 heavy (non-hydrogen) atoms. The average molecular weight is 216 g/mol. The van der Waals surface area contributed by atoms with Gasteiger partial charge in [-0.15, -0.1) is 0 Å². The van der Waals surface area contributed by atoms with Gasteiger partial charge in [-0.3, -0.25) is 0 Å². The third-order valence-corrected chi connectivity index (χ3v) is 2.78. The van der Waals surface area contributed by atoms with E-state index in [9.17, 15) is 0 Å². The largest absolute Gasteiger partial charge is 0.0839 e. The van der Waals surface area contributed by atoms with Crippen molar-refractivity contribution in [3.8, 4) is 0 Å². The maximum absolute atomic E-state index is 2.31. The SMILES string of the molecule is CCCCCCC=Cc1cc(C)cc(C)c1. The second-order valence-corrected chi connectivity index (χ2v) is 4.67. The first kappa shape index (κ1) is 13.0. The zero-order valence-corrected chi connectivity index (χ0v) is 10.9. The predicted octanol–water partition coefficient (Wildman–Crippen LogP) is 5.29. The van der Waals surface area contributed by atoms with Crippen molar-refractivity contribution in [2.45, 2.75) is 52.9 Å². The maximum atomic E-state index is 2.31. The molecular formula is C16H24. The first-order valence-corrected chi connectivity index (χ1v) is 6.47. The van der Waals surface area contributed by atoms with Crippen LogP contribution in [0.2, 0.25) is 0 Å². The quantitative estimate of drug-likeness (QED) is 0.567. The van der Waals surface area contributed by atoms with Gasteiger partial charge < -0.3 is 0 Å². The topological polar surface area (TPSA) is 0 Å². The molecule has 0 heteroatoms. The van der Waals surface area contributed by atoms with E-state index in [2.05, 4.69) is 51.1 Å². The summed E-state index contributed by atoms with van der Waals surface area (Å²) in [5, 5.41) is 0. The molecule has 0 unspecified atom stereocenters. The van der Waals surface area contributed by atoms with Gasteiger partial charge >= 0.3 is 0 Å². The summed E-state index contributed by atoms with van der Waals surface area (Å²) in [5.74, 6) is 0. The van der Waals surface area contributed by atoms with E-state index in [1.807, 2.05) is 0 Å². The van der Waals surface area contributed by atoms with Gasteiger partial charge in [-0.2, -0.15) is 0 Å². The molecule has 0 aliphatic carbocycles. The Labute approximate surface area is 100 Å². The van der Waals surface area contributed by atoms with E-state index < -0.39 is 0 Å². The summed E-state index contributed by atoms with van der Waals surface area (Å²) in [6.45, 7) is 6.57. The smallest absolute Gasteiger partial charge is 0.0255 e. The molecular weight excluding hydrogens is 192 g/mol. The lowest BCUT2D eigenvalue weighted by Crippen LogP contribution is -1.80. The van der Waals surface area contributed by atoms with E-state index >= 15 is 0 Å². The van der Waals surface area contributed by atoms with Gasteiger partial charge in [0.15, 0.2) is 0 Å². The van der Waals surface area contributed by atoms with Crippen molar-refractivity contribution < 1.29 is 0 Å². The normalized spacial score (nSPS) is 11.2. The van der Waals surface area contributed by atoms with Gasteiger partial charge in [-0.05, 0) is 32.3 Å². The van der Waals surface area contributed by atoms with Crippen LogP contribution in [0.25, 0.3) is 6.08 Å². The summed E-state index contributed by atoms with van der Waals surface area (Å²) in [7, 11) is 0. The summed E-state index contributed by atoms with van der Waals surface area (Å²) in [6, 6.07) is 6.71. The molecule has 0 aromatic heterocycles. The van der Waals surface area contributed by atoms with Gasteiger partial charge in [-0.1, -0.05) is 67.7 Å². The lowest BCUT2D eigenvalue weighted by atomic mass is 10.1. The summed E-state index contributed by atoms with van der Waals surface area (Å²) in [4.78, 5) is 0. The Hall–Kier alpha value is -1.04. The Kier molecular flexibility index (Phi) is 5.92. The fraction of sp³-hybridized carbons (Fsp3) is 0.500. The van der Waals surface area contributed by atoms with Crippen molar-refractivity contribution in [3.63, 3.8) is 0 Å². The molecule has 0 fully saturated rings. The Bertz CT molecular complexity index is 314. The standard InChI is InChI=1S/C16H24/c1-4-5-6-7-8-9-10-16-12-14(2)11-15(3)13-16/h9-13H,4-8H2,1-3H3. The highest BCUT2D eigenvalue weighted by atomic mass is 14.0. The highest BCUT2D eigenvalue weighted by molar-refractivity contribution is 5.51. The van der Waals surface area contributed by atoms with Crippen molar-refractivity contribution in [1.29, 1.82) is 0 Å². The molecule has 1 aromatic rings. The molecule has 0 amide bonds. The molecule has 0 radical (unpaired) electrons. The van der Waals surface area contributed by atoms with Crippen molar-refractivity contribution in [2.75, 3.05) is 0 Å². The van der Waals surface area contributed by atoms with E-state index in [-0.39, 0.29) is 0 Å². The third kappa shape index (κ3) is 5.16. The number of rotatable bonds is 6. The van der Waals surface area contributed by atoms with Gasteiger partial charge in [0.05, 0.1) is 0 Å². The number of hydrogen-bond donors (Lipinski definition) is 0. The molecule has 0 aliphatic rings. The average Bonchev–Trinajstić information content (AvgIpc) is 2.22. The van der Waals surface area contributed by atoms with Crippen LogP contribution >= 0.6 is 0 Å². The molecule has 88 valence electrons. The fourth-order valence-corrected chi connectivity index (χ4v) is 2.01. The first-order chi connectivity index (χ1) is 7.72. The number of aryl methyl sites for hydroxylation is 2. The summed E-state index contributed by atoms with van der Waals surface area (Å²) in [5.41, 5.74) is 4.05. The molecule has 0 saturated carbocycles. The summed E-state index contributed by atoms with van der Waals surface area (Å²) < 4.78 is 0. The van der Waals surface area contributed by atoms with Crippen molar-refractivity contribution in [2.24, 2.45) is 0 Å². The van der Waals surface area contributed by atoms with Crippen LogP contribution in [0.5, 0.6) is 0 Å². The molecule has 1 aromatic carbocycles. The molecule has 0 aliphatic heterocycles. The van der Waals surface area contributed by atoms with Crippen LogP contribution in [0.4, 0.5) is 0 Å². The van der Waals surface area contributed by atoms with Crippen LogP contribution in [0, 0.1) is 13.8 Å². The Balaban J connectivity index is 2.37. The number of hydrogen-bond acceptors (Lipinski definition) is 0. The van der Waals surface area contributed by atoms with Gasteiger partial charge in [0.25, 0.3) is 0 Å². The van der Waals surface area contributed by atoms with E-state index in [0.29, 0.717) is 0 Å². The van der Waals surface area contributed by atoms with Gasteiger partial charge in [0.1, 0.15) is 0 Å². The Morgan fingerprint density at radius 1 is 0.938 bits per heavy atom. The van der Waals surface area contributed by atoms with Crippen LogP contribution in [0.1, 0.15) is 55.7 Å². The molecule has 0 atom stereocenters. The number of unbranched alkanes of at least 4 members (excludes halogenated alkanes) is 4. The second-order valence-electron chi connectivity index (χ2n) is 4.67. The maximum Gasteiger partial charge on any atom is -0.0255 e. The van der Waals surface area contributed by atoms with Crippen LogP contribution in [0.3, 0.4) is 0 Å². The van der Waals surface area contributed by atoms with E-state index in [1.54, 1.807) is 0 Å². The van der Waals surface area contributed by atoms with Crippen LogP contribution in [-0.4, -0.2) is 0 Å². The fourth-order valence-electron chi connectivity index (χ4n) is 2.01. The highest BCUT2D eigenvalue weighted by Crippen LogP contribution is 2.11. The van der Waals surface area contributed by atoms with Crippen molar-refractivity contribution in [3.05, 3.63) is 41.0 Å². The summed E-state index contributed by atoms with van der Waals surface area (Å²) >= 11 is 0. The van der Waals surface area contributed by atoms with Crippen LogP contribution in [-0.2, 0) is 0 Å². The third-order valence-electron chi connectivity index (χ3n) is 2.78. The molecule has 0 N–H and O–H groups in total. The minimum atomic E-state index is 1.22. The highest BCUT2D eigenvalue weighted by Gasteiger charge is 1.91. The van der Waals surface area contributed by atoms with Crippen LogP contribution in [0.15, 0.2) is 24.3 Å². The molecule has 0 spiro atoms. The van der Waals surface area contributed by atoms with Crippen LogP contribution < -0.4 is 0 Å². The Morgan fingerprint density at radius 2 is 1.62 bits per heavy atom. The van der Waals surface area contributed by atoms with Gasteiger partial charge in [0, 0.05) is 0 Å². The monoisotopic (exact) mass is 216 g/mol. The van der Waals surface area contributed by atoms with E-state index in [1.165, 1.54) is 48.8 Å². The molecule has 0 heterocycles.